The largest absolute Gasteiger partial charge is 0.493 e. The molecule has 2 amide bonds. The van der Waals surface area contributed by atoms with Crippen LogP contribution in [0.15, 0.2) is 78.9 Å². The molecule has 0 aliphatic carbocycles. The van der Waals surface area contributed by atoms with E-state index in [0.717, 1.165) is 18.4 Å². The lowest BCUT2D eigenvalue weighted by Gasteiger charge is -2.43. The van der Waals surface area contributed by atoms with Crippen LogP contribution in [-0.2, 0) is 11.3 Å². The third kappa shape index (κ3) is 6.80. The van der Waals surface area contributed by atoms with Crippen LogP contribution < -0.4 is 4.74 Å². The molecule has 5 nitrogen and oxygen atoms in total. The molecule has 7 heteroatoms. The van der Waals surface area contributed by atoms with Crippen molar-refractivity contribution in [2.24, 2.45) is 5.41 Å². The summed E-state index contributed by atoms with van der Waals surface area (Å²) in [6.07, 6.45) is 1.86. The first-order valence-corrected chi connectivity index (χ1v) is 12.8. The van der Waals surface area contributed by atoms with Crippen LogP contribution in [0.1, 0.15) is 35.2 Å². The molecule has 4 rings (SSSR count). The van der Waals surface area contributed by atoms with Crippen LogP contribution in [0.4, 0.5) is 0 Å². The number of hydrogen-bond donors (Lipinski definition) is 0. The number of halogens is 2. The van der Waals surface area contributed by atoms with Crippen molar-refractivity contribution in [3.63, 3.8) is 0 Å². The van der Waals surface area contributed by atoms with Crippen molar-refractivity contribution in [1.29, 1.82) is 0 Å². The van der Waals surface area contributed by atoms with Crippen molar-refractivity contribution in [3.05, 3.63) is 100 Å². The number of likely N-dealkylation sites (tertiary alicyclic amines) is 1. The molecule has 0 bridgehead atoms. The first kappa shape index (κ1) is 26.1. The molecule has 1 aliphatic heterocycles. The monoisotopic (exact) mass is 524 g/mol. The van der Waals surface area contributed by atoms with E-state index in [1.54, 1.807) is 41.3 Å². The maximum absolute atomic E-state index is 13.4. The summed E-state index contributed by atoms with van der Waals surface area (Å²) >= 11 is 12.0. The standard InChI is InChI=1S/C29H30Cl2N2O3/c1-32(19-22-6-3-2-4-7-22)27(34)18-29(21-36-26-14-12-25(31)13-15-26)16-5-17-33(20-29)28(35)23-8-10-24(30)11-9-23/h2-4,6-15H,5,16-21H2,1H3/t29-/m0/s1. The summed E-state index contributed by atoms with van der Waals surface area (Å²) in [6, 6.07) is 24.0. The molecule has 1 fully saturated rings. The quantitative estimate of drug-likeness (QED) is 0.345. The van der Waals surface area contributed by atoms with Crippen LogP contribution in [0.25, 0.3) is 0 Å². The third-order valence-corrected chi connectivity index (χ3v) is 7.12. The molecule has 36 heavy (non-hydrogen) atoms. The number of carbonyl (C=O) groups is 2. The van der Waals surface area contributed by atoms with Gasteiger partial charge in [0.25, 0.3) is 5.91 Å². The van der Waals surface area contributed by atoms with Gasteiger partial charge >= 0.3 is 0 Å². The molecule has 0 spiro atoms. The Bertz CT molecular complexity index is 1170. The van der Waals surface area contributed by atoms with Crippen LogP contribution in [0.3, 0.4) is 0 Å². The van der Waals surface area contributed by atoms with Gasteiger partial charge in [-0.05, 0) is 66.9 Å². The van der Waals surface area contributed by atoms with E-state index in [1.165, 1.54) is 0 Å². The van der Waals surface area contributed by atoms with Gasteiger partial charge in [-0.1, -0.05) is 53.5 Å². The number of amides is 2. The summed E-state index contributed by atoms with van der Waals surface area (Å²) in [5.41, 5.74) is 1.14. The molecule has 1 saturated heterocycles. The average molecular weight is 525 g/mol. The molecule has 0 unspecified atom stereocenters. The topological polar surface area (TPSA) is 49.9 Å². The molecule has 1 aliphatic rings. The van der Waals surface area contributed by atoms with E-state index in [-0.39, 0.29) is 18.2 Å². The maximum Gasteiger partial charge on any atom is 0.253 e. The number of hydrogen-bond acceptors (Lipinski definition) is 3. The minimum absolute atomic E-state index is 0.0272. The van der Waals surface area contributed by atoms with Gasteiger partial charge in [0.15, 0.2) is 0 Å². The second kappa shape index (κ2) is 11.8. The van der Waals surface area contributed by atoms with Gasteiger partial charge in [0.05, 0.1) is 6.61 Å². The average Bonchev–Trinajstić information content (AvgIpc) is 2.89. The Morgan fingerprint density at radius 3 is 2.25 bits per heavy atom. The van der Waals surface area contributed by atoms with Crippen molar-refractivity contribution < 1.29 is 14.3 Å². The molecule has 0 aromatic heterocycles. The number of carbonyl (C=O) groups excluding carboxylic acids is 2. The van der Waals surface area contributed by atoms with Crippen molar-refractivity contribution in [2.75, 3.05) is 26.7 Å². The van der Waals surface area contributed by atoms with Crippen LogP contribution in [0, 0.1) is 5.41 Å². The highest BCUT2D eigenvalue weighted by Crippen LogP contribution is 2.36. The predicted octanol–water partition coefficient (Wildman–Crippen LogP) is 6.34. The van der Waals surface area contributed by atoms with E-state index in [9.17, 15) is 9.59 Å². The van der Waals surface area contributed by atoms with E-state index in [0.29, 0.717) is 47.6 Å². The van der Waals surface area contributed by atoms with Gasteiger partial charge in [0.1, 0.15) is 5.75 Å². The highest BCUT2D eigenvalue weighted by Gasteiger charge is 2.40. The summed E-state index contributed by atoms with van der Waals surface area (Å²) < 4.78 is 6.17. The van der Waals surface area contributed by atoms with Gasteiger partial charge in [-0.2, -0.15) is 0 Å². The third-order valence-electron chi connectivity index (χ3n) is 6.61. The number of rotatable bonds is 8. The number of ether oxygens (including phenoxy) is 1. The number of nitrogens with zero attached hydrogens (tertiary/aromatic N) is 2. The molecule has 0 radical (unpaired) electrons. The molecule has 1 heterocycles. The Kier molecular flexibility index (Phi) is 8.55. The zero-order valence-electron chi connectivity index (χ0n) is 20.3. The van der Waals surface area contributed by atoms with E-state index in [4.69, 9.17) is 27.9 Å². The molecule has 3 aromatic rings. The Morgan fingerprint density at radius 2 is 1.58 bits per heavy atom. The molecule has 0 saturated carbocycles. The molecule has 188 valence electrons. The van der Waals surface area contributed by atoms with Gasteiger partial charge in [0, 0.05) is 54.1 Å². The van der Waals surface area contributed by atoms with Crippen molar-refractivity contribution in [3.8, 4) is 5.75 Å². The Morgan fingerprint density at radius 1 is 0.944 bits per heavy atom. The van der Waals surface area contributed by atoms with E-state index >= 15 is 0 Å². The lowest BCUT2D eigenvalue weighted by Crippen LogP contribution is -2.50. The second-order valence-corrected chi connectivity index (χ2v) is 10.4. The molecular formula is C29H30Cl2N2O3. The van der Waals surface area contributed by atoms with E-state index in [1.807, 2.05) is 54.4 Å². The molecular weight excluding hydrogens is 495 g/mol. The number of piperidine rings is 1. The predicted molar refractivity (Wildman–Crippen MR) is 144 cm³/mol. The van der Waals surface area contributed by atoms with Crippen LogP contribution >= 0.6 is 23.2 Å². The lowest BCUT2D eigenvalue weighted by atomic mass is 9.77. The van der Waals surface area contributed by atoms with E-state index in [2.05, 4.69) is 0 Å². The highest BCUT2D eigenvalue weighted by atomic mass is 35.5. The lowest BCUT2D eigenvalue weighted by molar-refractivity contribution is -0.134. The Balaban J connectivity index is 1.52. The maximum atomic E-state index is 13.4. The van der Waals surface area contributed by atoms with Gasteiger partial charge in [0.2, 0.25) is 5.91 Å². The first-order chi connectivity index (χ1) is 17.3. The minimum Gasteiger partial charge on any atom is -0.493 e. The van der Waals surface area contributed by atoms with Crippen molar-refractivity contribution >= 4 is 35.0 Å². The summed E-state index contributed by atoms with van der Waals surface area (Å²) in [6.45, 7) is 1.93. The fourth-order valence-electron chi connectivity index (χ4n) is 4.64. The smallest absolute Gasteiger partial charge is 0.253 e. The molecule has 0 N–H and O–H groups in total. The van der Waals surface area contributed by atoms with Gasteiger partial charge in [-0.15, -0.1) is 0 Å². The summed E-state index contributed by atoms with van der Waals surface area (Å²) in [7, 11) is 1.82. The van der Waals surface area contributed by atoms with Gasteiger partial charge in [-0.25, -0.2) is 0 Å². The summed E-state index contributed by atoms with van der Waals surface area (Å²) in [4.78, 5) is 30.3. The first-order valence-electron chi connectivity index (χ1n) is 12.0. The zero-order valence-corrected chi connectivity index (χ0v) is 21.8. The highest BCUT2D eigenvalue weighted by molar-refractivity contribution is 6.30. The van der Waals surface area contributed by atoms with Crippen molar-refractivity contribution in [1.82, 2.24) is 9.80 Å². The molecule has 3 aromatic carbocycles. The minimum atomic E-state index is -0.512. The Hall–Kier alpha value is -3.02. The molecule has 1 atom stereocenters. The van der Waals surface area contributed by atoms with Gasteiger partial charge < -0.3 is 14.5 Å². The van der Waals surface area contributed by atoms with Crippen LogP contribution in [0.2, 0.25) is 10.0 Å². The van der Waals surface area contributed by atoms with Crippen LogP contribution in [0.5, 0.6) is 5.75 Å². The number of benzene rings is 3. The van der Waals surface area contributed by atoms with Crippen LogP contribution in [-0.4, -0.2) is 48.4 Å². The summed E-state index contributed by atoms with van der Waals surface area (Å²) in [5.74, 6) is 0.650. The normalized spacial score (nSPS) is 17.5. The fraction of sp³-hybridized carbons (Fsp3) is 0.310. The fourth-order valence-corrected chi connectivity index (χ4v) is 4.89. The second-order valence-electron chi connectivity index (χ2n) is 9.49. The van der Waals surface area contributed by atoms with E-state index < -0.39 is 5.41 Å². The Labute approximate surface area is 222 Å². The van der Waals surface area contributed by atoms with Gasteiger partial charge in [-0.3, -0.25) is 9.59 Å². The van der Waals surface area contributed by atoms with Crippen molar-refractivity contribution in [2.45, 2.75) is 25.8 Å². The summed E-state index contributed by atoms with van der Waals surface area (Å²) in [5, 5.41) is 1.22. The zero-order chi connectivity index (χ0) is 25.5. The SMILES string of the molecule is CN(Cc1ccccc1)C(=O)C[C@@]1(COc2ccc(Cl)cc2)CCCN(C(=O)c2ccc(Cl)cc2)C1.